The smallest absolute Gasteiger partial charge is 0.307 e. The van der Waals surface area contributed by atoms with Gasteiger partial charge in [0, 0.05) is 18.8 Å². The summed E-state index contributed by atoms with van der Waals surface area (Å²) in [6, 6.07) is 7.67. The zero-order chi connectivity index (χ0) is 15.9. The minimum atomic E-state index is -0.411. The van der Waals surface area contributed by atoms with E-state index in [0.29, 0.717) is 13.2 Å². The largest absolute Gasteiger partial charge is 0.469 e. The summed E-state index contributed by atoms with van der Waals surface area (Å²) in [5.74, 6) is -0.395. The predicted octanol–water partition coefficient (Wildman–Crippen LogP) is 2.46. The fourth-order valence-electron chi connectivity index (χ4n) is 2.63. The molecular weight excluding hydrogens is 282 g/mol. The van der Waals surface area contributed by atoms with E-state index in [1.807, 2.05) is 31.2 Å². The molecule has 1 saturated heterocycles. The maximum atomic E-state index is 12.8. The van der Waals surface area contributed by atoms with Gasteiger partial charge in [0.05, 0.1) is 13.5 Å². The van der Waals surface area contributed by atoms with Crippen molar-refractivity contribution in [2.24, 2.45) is 0 Å². The number of hydrogen-bond donors (Lipinski definition) is 0. The summed E-state index contributed by atoms with van der Waals surface area (Å²) in [6.07, 6.45) is 2.49. The standard InChI is InChI=1S/C17H23NO4/c1-13-7-3-4-8-14(13)18(11-10-16(19)21-2)17(20)15-9-5-6-12-22-15/h3-4,7-8,15H,5-6,9-12H2,1-2H3. The molecule has 0 saturated carbocycles. The van der Waals surface area contributed by atoms with Crippen molar-refractivity contribution in [1.29, 1.82) is 0 Å². The van der Waals surface area contributed by atoms with Crippen LogP contribution < -0.4 is 4.90 Å². The molecule has 1 fully saturated rings. The number of carbonyl (C=O) groups is 2. The number of nitrogens with zero attached hydrogens (tertiary/aromatic N) is 1. The molecule has 1 aliphatic heterocycles. The van der Waals surface area contributed by atoms with E-state index in [0.717, 1.165) is 30.5 Å². The van der Waals surface area contributed by atoms with Gasteiger partial charge in [-0.1, -0.05) is 18.2 Å². The van der Waals surface area contributed by atoms with E-state index in [1.165, 1.54) is 7.11 Å². The van der Waals surface area contributed by atoms with Gasteiger partial charge in [-0.3, -0.25) is 9.59 Å². The summed E-state index contributed by atoms with van der Waals surface area (Å²) in [6.45, 7) is 2.88. The highest BCUT2D eigenvalue weighted by molar-refractivity contribution is 5.97. The molecule has 22 heavy (non-hydrogen) atoms. The quantitative estimate of drug-likeness (QED) is 0.784. The predicted molar refractivity (Wildman–Crippen MR) is 83.8 cm³/mol. The van der Waals surface area contributed by atoms with Crippen LogP contribution in [0.5, 0.6) is 0 Å². The Balaban J connectivity index is 2.18. The highest BCUT2D eigenvalue weighted by atomic mass is 16.5. The molecule has 5 nitrogen and oxygen atoms in total. The van der Waals surface area contributed by atoms with Crippen LogP contribution in [0.4, 0.5) is 5.69 Å². The Morgan fingerprint density at radius 2 is 2.09 bits per heavy atom. The molecule has 1 aromatic carbocycles. The van der Waals surface area contributed by atoms with Crippen LogP contribution in [0, 0.1) is 6.92 Å². The van der Waals surface area contributed by atoms with Crippen LogP contribution in [0.2, 0.25) is 0 Å². The summed E-state index contributed by atoms with van der Waals surface area (Å²) in [5.41, 5.74) is 1.82. The minimum absolute atomic E-state index is 0.0714. The maximum Gasteiger partial charge on any atom is 0.307 e. The Kier molecular flexibility index (Phi) is 5.95. The zero-order valence-electron chi connectivity index (χ0n) is 13.2. The van der Waals surface area contributed by atoms with Crippen molar-refractivity contribution in [2.45, 2.75) is 38.7 Å². The van der Waals surface area contributed by atoms with Gasteiger partial charge in [0.25, 0.3) is 5.91 Å². The van der Waals surface area contributed by atoms with Crippen LogP contribution in [0.1, 0.15) is 31.2 Å². The molecule has 0 N–H and O–H groups in total. The van der Waals surface area contributed by atoms with Crippen LogP contribution in [-0.4, -0.2) is 38.2 Å². The molecule has 1 amide bonds. The molecule has 0 aromatic heterocycles. The van der Waals surface area contributed by atoms with Crippen molar-refractivity contribution < 1.29 is 19.1 Å². The highest BCUT2D eigenvalue weighted by Crippen LogP contribution is 2.23. The van der Waals surface area contributed by atoms with Gasteiger partial charge in [0.2, 0.25) is 0 Å². The molecule has 1 aromatic rings. The number of aryl methyl sites for hydroxylation is 1. The van der Waals surface area contributed by atoms with E-state index < -0.39 is 6.10 Å². The van der Waals surface area contributed by atoms with Crippen LogP contribution in [0.15, 0.2) is 24.3 Å². The van der Waals surface area contributed by atoms with Crippen molar-refractivity contribution in [1.82, 2.24) is 0 Å². The summed E-state index contributed by atoms with van der Waals surface area (Å²) in [5, 5.41) is 0. The summed E-state index contributed by atoms with van der Waals surface area (Å²) >= 11 is 0. The van der Waals surface area contributed by atoms with Gasteiger partial charge in [-0.05, 0) is 37.8 Å². The monoisotopic (exact) mass is 305 g/mol. The fraction of sp³-hybridized carbons (Fsp3) is 0.529. The molecule has 0 spiro atoms. The van der Waals surface area contributed by atoms with Crippen molar-refractivity contribution in [3.63, 3.8) is 0 Å². The normalized spacial score (nSPS) is 17.8. The molecule has 1 aliphatic rings. The first-order chi connectivity index (χ1) is 10.6. The van der Waals surface area contributed by atoms with Gasteiger partial charge < -0.3 is 14.4 Å². The number of ether oxygens (including phenoxy) is 2. The molecule has 0 aliphatic carbocycles. The first kappa shape index (κ1) is 16.5. The topological polar surface area (TPSA) is 55.8 Å². The van der Waals surface area contributed by atoms with Crippen LogP contribution in [0.3, 0.4) is 0 Å². The van der Waals surface area contributed by atoms with Crippen molar-refractivity contribution in [3.05, 3.63) is 29.8 Å². The zero-order valence-corrected chi connectivity index (χ0v) is 13.2. The molecule has 0 radical (unpaired) electrons. The number of carbonyl (C=O) groups excluding carboxylic acids is 2. The summed E-state index contributed by atoms with van der Waals surface area (Å²) in [4.78, 5) is 25.9. The number of benzene rings is 1. The second kappa shape index (κ2) is 7.94. The minimum Gasteiger partial charge on any atom is -0.469 e. The van der Waals surface area contributed by atoms with Gasteiger partial charge in [-0.2, -0.15) is 0 Å². The van der Waals surface area contributed by atoms with Gasteiger partial charge in [-0.25, -0.2) is 0 Å². The molecule has 1 unspecified atom stereocenters. The van der Waals surface area contributed by atoms with E-state index in [2.05, 4.69) is 4.74 Å². The Bertz CT molecular complexity index is 523. The number of para-hydroxylation sites is 1. The molecule has 2 rings (SSSR count). The van der Waals surface area contributed by atoms with Gasteiger partial charge >= 0.3 is 5.97 Å². The van der Waals surface area contributed by atoms with Gasteiger partial charge in [0.15, 0.2) is 0 Å². The van der Waals surface area contributed by atoms with Crippen molar-refractivity contribution in [2.75, 3.05) is 25.2 Å². The van der Waals surface area contributed by atoms with Crippen molar-refractivity contribution in [3.8, 4) is 0 Å². The average molecular weight is 305 g/mol. The van der Waals surface area contributed by atoms with E-state index in [1.54, 1.807) is 4.90 Å². The molecule has 1 heterocycles. The summed E-state index contributed by atoms with van der Waals surface area (Å²) < 4.78 is 10.3. The number of rotatable bonds is 5. The maximum absolute atomic E-state index is 12.8. The van der Waals surface area contributed by atoms with Crippen LogP contribution in [-0.2, 0) is 19.1 Å². The van der Waals surface area contributed by atoms with E-state index in [-0.39, 0.29) is 18.3 Å². The third-order valence-electron chi connectivity index (χ3n) is 3.89. The SMILES string of the molecule is COC(=O)CCN(C(=O)C1CCCCO1)c1ccccc1C. The Morgan fingerprint density at radius 1 is 1.32 bits per heavy atom. The Hall–Kier alpha value is -1.88. The third kappa shape index (κ3) is 4.07. The van der Waals surface area contributed by atoms with Crippen molar-refractivity contribution >= 4 is 17.6 Å². The average Bonchev–Trinajstić information content (AvgIpc) is 2.56. The number of anilines is 1. The second-order valence-corrected chi connectivity index (χ2v) is 5.46. The molecule has 5 heteroatoms. The lowest BCUT2D eigenvalue weighted by Crippen LogP contribution is -2.43. The van der Waals surface area contributed by atoms with E-state index >= 15 is 0 Å². The lowest BCUT2D eigenvalue weighted by atomic mass is 10.1. The fourth-order valence-corrected chi connectivity index (χ4v) is 2.63. The van der Waals surface area contributed by atoms with Gasteiger partial charge in [0.1, 0.15) is 6.10 Å². The molecule has 0 bridgehead atoms. The third-order valence-corrected chi connectivity index (χ3v) is 3.89. The lowest BCUT2D eigenvalue weighted by Gasteiger charge is -2.30. The molecular formula is C17H23NO4. The number of amides is 1. The first-order valence-corrected chi connectivity index (χ1v) is 7.69. The Labute approximate surface area is 131 Å². The van der Waals surface area contributed by atoms with Crippen LogP contribution in [0.25, 0.3) is 0 Å². The number of methoxy groups -OCH3 is 1. The second-order valence-electron chi connectivity index (χ2n) is 5.46. The number of esters is 1. The lowest BCUT2D eigenvalue weighted by molar-refractivity contribution is -0.140. The molecule has 1 atom stereocenters. The van der Waals surface area contributed by atoms with Crippen LogP contribution >= 0.6 is 0 Å². The highest BCUT2D eigenvalue weighted by Gasteiger charge is 2.28. The number of hydrogen-bond acceptors (Lipinski definition) is 4. The van der Waals surface area contributed by atoms with E-state index in [9.17, 15) is 9.59 Å². The first-order valence-electron chi connectivity index (χ1n) is 7.69. The Morgan fingerprint density at radius 3 is 2.73 bits per heavy atom. The van der Waals surface area contributed by atoms with Gasteiger partial charge in [-0.15, -0.1) is 0 Å². The summed E-state index contributed by atoms with van der Waals surface area (Å²) in [7, 11) is 1.35. The van der Waals surface area contributed by atoms with E-state index in [4.69, 9.17) is 4.74 Å². The molecule has 120 valence electrons.